The molecule has 166 valence electrons. The summed E-state index contributed by atoms with van der Waals surface area (Å²) >= 11 is 12.8. The second-order valence-corrected chi connectivity index (χ2v) is 10.2. The Morgan fingerprint density at radius 1 is 1.10 bits per heavy atom. The molecule has 2 aromatic carbocycles. The van der Waals surface area contributed by atoms with Gasteiger partial charge in [-0.05, 0) is 55.2 Å². The number of benzene rings is 2. The van der Waals surface area contributed by atoms with Gasteiger partial charge in [0.25, 0.3) is 10.0 Å². The van der Waals surface area contributed by atoms with E-state index in [2.05, 4.69) is 23.7 Å². The van der Waals surface area contributed by atoms with Crippen molar-refractivity contribution in [2.75, 3.05) is 11.3 Å². The van der Waals surface area contributed by atoms with Gasteiger partial charge in [0, 0.05) is 7.05 Å². The molecule has 0 fully saturated rings. The highest BCUT2D eigenvalue weighted by Crippen LogP contribution is 2.37. The van der Waals surface area contributed by atoms with Gasteiger partial charge in [-0.3, -0.25) is 9.40 Å². The first kappa shape index (κ1) is 23.4. The van der Waals surface area contributed by atoms with Gasteiger partial charge in [-0.25, -0.2) is 8.42 Å². The highest BCUT2D eigenvalue weighted by atomic mass is 35.5. The molecule has 0 spiro atoms. The van der Waals surface area contributed by atoms with Gasteiger partial charge < -0.3 is 4.74 Å². The van der Waals surface area contributed by atoms with Gasteiger partial charge in [0.05, 0.1) is 33.7 Å². The second-order valence-electron chi connectivity index (χ2n) is 7.78. The molecule has 0 atom stereocenters. The molecule has 0 bridgehead atoms. The van der Waals surface area contributed by atoms with E-state index in [1.807, 2.05) is 24.3 Å². The van der Waals surface area contributed by atoms with Crippen LogP contribution < -0.4 is 9.46 Å². The van der Waals surface area contributed by atoms with Crippen LogP contribution in [0.25, 0.3) is 11.1 Å². The Hall–Kier alpha value is -2.22. The smallest absolute Gasteiger partial charge is 0.264 e. The molecular formula is C22H25Cl2N3O3S. The van der Waals surface area contributed by atoms with Gasteiger partial charge in [-0.15, -0.1) is 0 Å². The molecule has 9 heteroatoms. The van der Waals surface area contributed by atoms with Crippen LogP contribution >= 0.6 is 23.2 Å². The number of rotatable bonds is 7. The Bertz CT molecular complexity index is 1200. The Balaban J connectivity index is 1.96. The number of sulfonamides is 1. The van der Waals surface area contributed by atoms with Crippen molar-refractivity contribution in [2.24, 2.45) is 13.0 Å². The van der Waals surface area contributed by atoms with Gasteiger partial charge in [0.2, 0.25) is 0 Å². The normalized spacial score (nSPS) is 11.7. The summed E-state index contributed by atoms with van der Waals surface area (Å²) in [6.45, 7) is 8.25. The van der Waals surface area contributed by atoms with Gasteiger partial charge >= 0.3 is 0 Å². The molecule has 0 aliphatic carbocycles. The predicted molar refractivity (Wildman–Crippen MR) is 126 cm³/mol. The average molecular weight is 482 g/mol. The minimum Gasteiger partial charge on any atom is -0.493 e. The van der Waals surface area contributed by atoms with Crippen LogP contribution in [0.4, 0.5) is 5.69 Å². The summed E-state index contributed by atoms with van der Waals surface area (Å²) in [5, 5.41) is 4.29. The summed E-state index contributed by atoms with van der Waals surface area (Å²) in [5.74, 6) is 1.12. The van der Waals surface area contributed by atoms with Crippen LogP contribution in [-0.2, 0) is 17.1 Å². The topological polar surface area (TPSA) is 73.2 Å². The molecule has 1 N–H and O–H groups in total. The van der Waals surface area contributed by atoms with E-state index in [-0.39, 0.29) is 14.9 Å². The summed E-state index contributed by atoms with van der Waals surface area (Å²) in [5.41, 5.74) is 3.17. The third-order valence-electron chi connectivity index (χ3n) is 4.76. The Kier molecular flexibility index (Phi) is 6.88. The van der Waals surface area contributed by atoms with Crippen molar-refractivity contribution in [3.63, 3.8) is 0 Å². The summed E-state index contributed by atoms with van der Waals surface area (Å²) in [4.78, 5) is -0.172. The fourth-order valence-corrected chi connectivity index (χ4v) is 5.51. The molecule has 31 heavy (non-hydrogen) atoms. The summed E-state index contributed by atoms with van der Waals surface area (Å²) in [6.07, 6.45) is 0. The average Bonchev–Trinajstić information content (AvgIpc) is 2.91. The standard InChI is InChI=1S/C22H25Cl2N3O3S/c1-13(2)12-30-18-8-6-7-16(9-18)17-10-19(23)22(20(24)11-17)31(28,29)26-21-14(3)25-27(5)15(21)4/h6-11,13,26H,12H2,1-5H3. The Morgan fingerprint density at radius 2 is 1.74 bits per heavy atom. The first-order valence-electron chi connectivity index (χ1n) is 9.75. The van der Waals surface area contributed by atoms with E-state index in [1.54, 1.807) is 37.7 Å². The molecule has 0 radical (unpaired) electrons. The molecule has 3 aromatic rings. The van der Waals surface area contributed by atoms with Crippen molar-refractivity contribution in [3.8, 4) is 16.9 Å². The third kappa shape index (κ3) is 5.17. The zero-order chi connectivity index (χ0) is 22.9. The lowest BCUT2D eigenvalue weighted by atomic mass is 10.1. The fraction of sp³-hybridized carbons (Fsp3) is 0.318. The van der Waals surface area contributed by atoms with Crippen molar-refractivity contribution in [1.29, 1.82) is 0 Å². The fourth-order valence-electron chi connectivity index (χ4n) is 3.12. The maximum atomic E-state index is 13.1. The van der Waals surface area contributed by atoms with Crippen molar-refractivity contribution in [3.05, 3.63) is 57.8 Å². The lowest BCUT2D eigenvalue weighted by Gasteiger charge is -2.14. The number of halogens is 2. The van der Waals surface area contributed by atoms with Crippen molar-refractivity contribution in [1.82, 2.24) is 9.78 Å². The first-order chi connectivity index (χ1) is 14.5. The lowest BCUT2D eigenvalue weighted by Crippen LogP contribution is -2.15. The minimum absolute atomic E-state index is 0.0303. The zero-order valence-electron chi connectivity index (χ0n) is 18.0. The summed E-state index contributed by atoms with van der Waals surface area (Å²) in [7, 11) is -2.28. The number of aryl methyl sites for hydroxylation is 2. The van der Waals surface area contributed by atoms with Crippen molar-refractivity contribution < 1.29 is 13.2 Å². The van der Waals surface area contributed by atoms with Crippen LogP contribution in [0, 0.1) is 19.8 Å². The van der Waals surface area contributed by atoms with Crippen LogP contribution in [0.5, 0.6) is 5.75 Å². The van der Waals surface area contributed by atoms with E-state index in [4.69, 9.17) is 27.9 Å². The monoisotopic (exact) mass is 481 g/mol. The van der Waals surface area contributed by atoms with Gasteiger partial charge in [0.1, 0.15) is 10.6 Å². The third-order valence-corrected chi connectivity index (χ3v) is 7.03. The van der Waals surface area contributed by atoms with E-state index in [0.717, 1.165) is 11.3 Å². The van der Waals surface area contributed by atoms with E-state index >= 15 is 0 Å². The van der Waals surface area contributed by atoms with Gasteiger partial charge in [-0.2, -0.15) is 5.10 Å². The second kappa shape index (κ2) is 9.10. The largest absolute Gasteiger partial charge is 0.493 e. The molecule has 0 aliphatic rings. The predicted octanol–water partition coefficient (Wildman–Crippen LogP) is 5.85. The van der Waals surface area contributed by atoms with E-state index in [9.17, 15) is 8.42 Å². The van der Waals surface area contributed by atoms with E-state index < -0.39 is 10.0 Å². The number of hydrogen-bond donors (Lipinski definition) is 1. The Labute approximate surface area is 193 Å². The maximum absolute atomic E-state index is 13.1. The van der Waals surface area contributed by atoms with Crippen molar-refractivity contribution >= 4 is 38.9 Å². The number of nitrogens with zero attached hydrogens (tertiary/aromatic N) is 2. The van der Waals surface area contributed by atoms with Crippen LogP contribution in [0.1, 0.15) is 25.2 Å². The maximum Gasteiger partial charge on any atom is 0.264 e. The highest BCUT2D eigenvalue weighted by molar-refractivity contribution is 7.93. The molecule has 0 saturated carbocycles. The highest BCUT2D eigenvalue weighted by Gasteiger charge is 2.25. The number of nitrogens with one attached hydrogen (secondary N) is 1. The molecule has 1 aromatic heterocycles. The molecule has 0 amide bonds. The number of aromatic nitrogens is 2. The lowest BCUT2D eigenvalue weighted by molar-refractivity contribution is 0.271. The van der Waals surface area contributed by atoms with E-state index in [0.29, 0.717) is 35.2 Å². The number of ether oxygens (including phenoxy) is 1. The van der Waals surface area contributed by atoms with Gasteiger partial charge in [0.15, 0.2) is 0 Å². The molecule has 3 rings (SSSR count). The van der Waals surface area contributed by atoms with Gasteiger partial charge in [-0.1, -0.05) is 49.2 Å². The zero-order valence-corrected chi connectivity index (χ0v) is 20.4. The van der Waals surface area contributed by atoms with Crippen molar-refractivity contribution in [2.45, 2.75) is 32.6 Å². The summed E-state index contributed by atoms with van der Waals surface area (Å²) in [6, 6.07) is 10.7. The molecule has 0 unspecified atom stereocenters. The Morgan fingerprint density at radius 3 is 2.29 bits per heavy atom. The van der Waals surface area contributed by atoms with Crippen LogP contribution in [0.3, 0.4) is 0 Å². The quantitative estimate of drug-likeness (QED) is 0.459. The first-order valence-corrected chi connectivity index (χ1v) is 12.0. The SMILES string of the molecule is Cc1nn(C)c(C)c1NS(=O)(=O)c1c(Cl)cc(-c2cccc(OCC(C)C)c2)cc1Cl. The van der Waals surface area contributed by atoms with Crippen LogP contribution in [0.15, 0.2) is 41.3 Å². The minimum atomic E-state index is -4.02. The molecule has 0 saturated heterocycles. The number of anilines is 1. The van der Waals surface area contributed by atoms with Crippen LogP contribution in [0.2, 0.25) is 10.0 Å². The van der Waals surface area contributed by atoms with Crippen LogP contribution in [-0.4, -0.2) is 24.8 Å². The molecule has 1 heterocycles. The van der Waals surface area contributed by atoms with E-state index in [1.165, 1.54) is 0 Å². The summed E-state index contributed by atoms with van der Waals surface area (Å²) < 4.78 is 36.1. The molecule has 6 nitrogen and oxygen atoms in total. The molecular weight excluding hydrogens is 457 g/mol. The molecule has 0 aliphatic heterocycles. The number of hydrogen-bond acceptors (Lipinski definition) is 4.